The molecule has 1 aromatic heterocycles. The highest BCUT2D eigenvalue weighted by Crippen LogP contribution is 2.26. The van der Waals surface area contributed by atoms with Gasteiger partial charge in [0.1, 0.15) is 5.78 Å². The molecule has 0 saturated carbocycles. The van der Waals surface area contributed by atoms with Crippen LogP contribution in [0.15, 0.2) is 53.9 Å². The van der Waals surface area contributed by atoms with Crippen LogP contribution in [0.4, 0.5) is 0 Å². The van der Waals surface area contributed by atoms with E-state index in [1.54, 1.807) is 11.3 Å². The Balaban J connectivity index is 1.76. The monoisotopic (exact) mass is 300 g/mol. The minimum atomic E-state index is 0.218. The van der Waals surface area contributed by atoms with Gasteiger partial charge in [-0.2, -0.15) is 0 Å². The third kappa shape index (κ3) is 2.92. The number of hydrogen-bond donors (Lipinski definition) is 0. The topological polar surface area (TPSA) is 17.1 Å². The minimum absolute atomic E-state index is 0.218. The molecule has 3 aromatic rings. The summed E-state index contributed by atoms with van der Waals surface area (Å²) in [5.74, 6) is 0.218. The van der Waals surface area contributed by atoms with E-state index in [9.17, 15) is 4.79 Å². The fraction of sp³-hybridized carbons (Fsp3) is 0.118. The zero-order chi connectivity index (χ0) is 13.9. The molecule has 0 unspecified atom stereocenters. The molecule has 0 saturated heterocycles. The molecule has 0 amide bonds. The van der Waals surface area contributed by atoms with Crippen LogP contribution >= 0.6 is 22.9 Å². The van der Waals surface area contributed by atoms with Gasteiger partial charge in [0.2, 0.25) is 0 Å². The number of carbonyl (C=O) groups is 1. The number of hydrogen-bond acceptors (Lipinski definition) is 2. The summed E-state index contributed by atoms with van der Waals surface area (Å²) >= 11 is 7.63. The molecule has 3 rings (SSSR count). The molecule has 0 spiro atoms. The van der Waals surface area contributed by atoms with Crippen molar-refractivity contribution in [3.63, 3.8) is 0 Å². The van der Waals surface area contributed by atoms with Crippen molar-refractivity contribution in [2.75, 3.05) is 0 Å². The van der Waals surface area contributed by atoms with Crippen LogP contribution < -0.4 is 0 Å². The second-order valence-electron chi connectivity index (χ2n) is 4.78. The van der Waals surface area contributed by atoms with Gasteiger partial charge in [0.15, 0.2) is 0 Å². The normalized spacial score (nSPS) is 10.8. The highest BCUT2D eigenvalue weighted by Gasteiger charge is 2.09. The van der Waals surface area contributed by atoms with Crippen LogP contribution in [0.1, 0.15) is 11.1 Å². The number of thiophene rings is 1. The number of ketones is 1. The Morgan fingerprint density at radius 1 is 1.05 bits per heavy atom. The van der Waals surface area contributed by atoms with Crippen molar-refractivity contribution < 1.29 is 4.79 Å². The molecule has 0 aliphatic rings. The average Bonchev–Trinajstić information content (AvgIpc) is 2.82. The van der Waals surface area contributed by atoms with Crippen LogP contribution in [-0.2, 0) is 17.6 Å². The zero-order valence-electron chi connectivity index (χ0n) is 10.8. The largest absolute Gasteiger partial charge is 0.299 e. The Kier molecular flexibility index (Phi) is 3.86. The standard InChI is InChI=1S/C17H13ClOS/c18-14-5-3-4-12(8-14)9-15(19)10-13-11-20-17-7-2-1-6-16(13)17/h1-8,11H,9-10H2. The number of fused-ring (bicyclic) bond motifs is 1. The van der Waals surface area contributed by atoms with E-state index in [0.29, 0.717) is 17.9 Å². The van der Waals surface area contributed by atoms with Gasteiger partial charge in [-0.3, -0.25) is 4.79 Å². The number of benzene rings is 2. The highest BCUT2D eigenvalue weighted by molar-refractivity contribution is 7.17. The summed E-state index contributed by atoms with van der Waals surface area (Å²) in [6, 6.07) is 15.7. The molecular formula is C17H13ClOS. The number of halogens is 1. The SMILES string of the molecule is O=C(Cc1cccc(Cl)c1)Cc1csc2ccccc12. The van der Waals surface area contributed by atoms with Crippen LogP contribution in [0, 0.1) is 0 Å². The molecular weight excluding hydrogens is 288 g/mol. The van der Waals surface area contributed by atoms with Crippen molar-refractivity contribution in [2.45, 2.75) is 12.8 Å². The molecule has 0 N–H and O–H groups in total. The first-order valence-corrected chi connectivity index (χ1v) is 7.69. The third-order valence-electron chi connectivity index (χ3n) is 3.24. The van der Waals surface area contributed by atoms with Crippen LogP contribution in [0.3, 0.4) is 0 Å². The maximum atomic E-state index is 12.2. The quantitative estimate of drug-likeness (QED) is 0.669. The second-order valence-corrected chi connectivity index (χ2v) is 6.13. The molecule has 0 aliphatic carbocycles. The Bertz CT molecular complexity index is 760. The predicted molar refractivity (Wildman–Crippen MR) is 85.7 cm³/mol. The van der Waals surface area contributed by atoms with Gasteiger partial charge in [-0.05, 0) is 40.1 Å². The lowest BCUT2D eigenvalue weighted by molar-refractivity contribution is -0.117. The first-order valence-electron chi connectivity index (χ1n) is 6.43. The number of rotatable bonds is 4. The number of carbonyl (C=O) groups excluding carboxylic acids is 1. The van der Waals surface area contributed by atoms with E-state index in [-0.39, 0.29) is 5.78 Å². The predicted octanol–water partition coefficient (Wildman–Crippen LogP) is 4.91. The first kappa shape index (κ1) is 13.3. The lowest BCUT2D eigenvalue weighted by atomic mass is 10.0. The van der Waals surface area contributed by atoms with Gasteiger partial charge in [-0.15, -0.1) is 11.3 Å². The molecule has 2 aromatic carbocycles. The van der Waals surface area contributed by atoms with E-state index in [1.165, 1.54) is 10.1 Å². The van der Waals surface area contributed by atoms with E-state index in [0.717, 1.165) is 11.1 Å². The number of Topliss-reactive ketones (excluding diaryl/α,β-unsaturated/α-hetero) is 1. The second kappa shape index (κ2) is 5.78. The maximum Gasteiger partial charge on any atom is 0.141 e. The van der Waals surface area contributed by atoms with Crippen LogP contribution in [-0.4, -0.2) is 5.78 Å². The highest BCUT2D eigenvalue weighted by atomic mass is 35.5. The molecule has 0 fully saturated rings. The lowest BCUT2D eigenvalue weighted by Crippen LogP contribution is -2.06. The molecule has 20 heavy (non-hydrogen) atoms. The summed E-state index contributed by atoms with van der Waals surface area (Å²) in [4.78, 5) is 12.2. The van der Waals surface area contributed by atoms with Crippen molar-refractivity contribution >= 4 is 38.8 Å². The van der Waals surface area contributed by atoms with Gasteiger partial charge in [0, 0.05) is 22.6 Å². The van der Waals surface area contributed by atoms with Crippen molar-refractivity contribution in [3.05, 3.63) is 70.1 Å². The first-order chi connectivity index (χ1) is 9.72. The Morgan fingerprint density at radius 3 is 2.75 bits per heavy atom. The Morgan fingerprint density at radius 2 is 1.90 bits per heavy atom. The molecule has 1 heterocycles. The summed E-state index contributed by atoms with van der Waals surface area (Å²) in [5.41, 5.74) is 2.10. The summed E-state index contributed by atoms with van der Waals surface area (Å²) in [6.07, 6.45) is 0.918. The summed E-state index contributed by atoms with van der Waals surface area (Å²) in [7, 11) is 0. The Hall–Kier alpha value is -1.64. The van der Waals surface area contributed by atoms with E-state index >= 15 is 0 Å². The van der Waals surface area contributed by atoms with Crippen molar-refractivity contribution in [1.82, 2.24) is 0 Å². The van der Waals surface area contributed by atoms with Gasteiger partial charge in [0.05, 0.1) is 0 Å². The van der Waals surface area contributed by atoms with E-state index < -0.39 is 0 Å². The van der Waals surface area contributed by atoms with Gasteiger partial charge in [-0.25, -0.2) is 0 Å². The summed E-state index contributed by atoms with van der Waals surface area (Å²) in [5, 5.41) is 3.95. The zero-order valence-corrected chi connectivity index (χ0v) is 12.4. The van der Waals surface area contributed by atoms with Crippen molar-refractivity contribution in [1.29, 1.82) is 0 Å². The van der Waals surface area contributed by atoms with Gasteiger partial charge in [0.25, 0.3) is 0 Å². The van der Waals surface area contributed by atoms with Crippen LogP contribution in [0.5, 0.6) is 0 Å². The van der Waals surface area contributed by atoms with Gasteiger partial charge >= 0.3 is 0 Å². The Labute approximate surface area is 126 Å². The smallest absolute Gasteiger partial charge is 0.141 e. The van der Waals surface area contributed by atoms with Gasteiger partial charge in [-0.1, -0.05) is 41.9 Å². The summed E-state index contributed by atoms with van der Waals surface area (Å²) in [6.45, 7) is 0. The third-order valence-corrected chi connectivity index (χ3v) is 4.49. The van der Waals surface area contributed by atoms with E-state index in [1.807, 2.05) is 36.4 Å². The molecule has 1 nitrogen and oxygen atoms in total. The molecule has 0 aliphatic heterocycles. The molecule has 0 radical (unpaired) electrons. The minimum Gasteiger partial charge on any atom is -0.299 e. The van der Waals surface area contributed by atoms with Crippen LogP contribution in [0.25, 0.3) is 10.1 Å². The van der Waals surface area contributed by atoms with Gasteiger partial charge < -0.3 is 0 Å². The van der Waals surface area contributed by atoms with Crippen molar-refractivity contribution in [3.8, 4) is 0 Å². The fourth-order valence-electron chi connectivity index (χ4n) is 2.32. The summed E-state index contributed by atoms with van der Waals surface area (Å²) < 4.78 is 1.23. The lowest BCUT2D eigenvalue weighted by Gasteiger charge is -2.02. The maximum absolute atomic E-state index is 12.2. The van der Waals surface area contributed by atoms with E-state index in [4.69, 9.17) is 11.6 Å². The average molecular weight is 301 g/mol. The molecule has 0 atom stereocenters. The molecule has 0 bridgehead atoms. The molecule has 100 valence electrons. The fourth-order valence-corrected chi connectivity index (χ4v) is 3.49. The van der Waals surface area contributed by atoms with Crippen LogP contribution in [0.2, 0.25) is 5.02 Å². The van der Waals surface area contributed by atoms with E-state index in [2.05, 4.69) is 17.5 Å². The molecule has 3 heteroatoms. The van der Waals surface area contributed by atoms with Crippen molar-refractivity contribution in [2.24, 2.45) is 0 Å².